The van der Waals surface area contributed by atoms with Crippen LogP contribution in [0.5, 0.6) is 0 Å². The molecule has 0 saturated carbocycles. The number of nitrogens with one attached hydrogen (secondary N) is 1. The quantitative estimate of drug-likeness (QED) is 0.376. The van der Waals surface area contributed by atoms with E-state index in [1.807, 2.05) is 43.3 Å². The lowest BCUT2D eigenvalue weighted by molar-refractivity contribution is -0.117. The minimum absolute atomic E-state index is 0.122. The normalized spacial score (nSPS) is 14.8. The lowest BCUT2D eigenvalue weighted by Crippen LogP contribution is -2.22. The molecule has 1 amide bonds. The Balaban J connectivity index is 1.59. The van der Waals surface area contributed by atoms with Gasteiger partial charge in [-0.2, -0.15) is 0 Å². The molecule has 1 aliphatic rings. The molecule has 1 aromatic heterocycles. The van der Waals surface area contributed by atoms with Crippen LogP contribution in [0.2, 0.25) is 0 Å². The van der Waals surface area contributed by atoms with Gasteiger partial charge in [-0.3, -0.25) is 9.78 Å². The van der Waals surface area contributed by atoms with Gasteiger partial charge in [-0.1, -0.05) is 42.5 Å². The summed E-state index contributed by atoms with van der Waals surface area (Å²) in [5, 5.41) is 3.64. The third-order valence-electron chi connectivity index (χ3n) is 6.31. The fraction of sp³-hybridized carbons (Fsp3) is 0.185. The van der Waals surface area contributed by atoms with Crippen molar-refractivity contribution in [3.8, 4) is 11.1 Å². The van der Waals surface area contributed by atoms with Crippen molar-refractivity contribution < 1.29 is 18.0 Å². The van der Waals surface area contributed by atoms with Gasteiger partial charge in [-0.25, -0.2) is 13.2 Å². The number of carbonyl (C=O) groups excluding carboxylic acids is 1. The fourth-order valence-corrected chi connectivity index (χ4v) is 4.80. The van der Waals surface area contributed by atoms with E-state index in [0.29, 0.717) is 28.3 Å². The van der Waals surface area contributed by atoms with Crippen molar-refractivity contribution in [2.24, 2.45) is 0 Å². The van der Waals surface area contributed by atoms with Crippen LogP contribution in [0.3, 0.4) is 0 Å². The first-order valence-corrected chi connectivity index (χ1v) is 11.0. The molecule has 0 radical (unpaired) electrons. The summed E-state index contributed by atoms with van der Waals surface area (Å²) < 4.78 is 42.3. The van der Waals surface area contributed by atoms with Gasteiger partial charge in [-0.15, -0.1) is 0 Å². The highest BCUT2D eigenvalue weighted by Crippen LogP contribution is 2.39. The first-order valence-electron chi connectivity index (χ1n) is 11.0. The monoisotopic (exact) mass is 461 g/mol. The minimum Gasteiger partial charge on any atom is -0.375 e. The maximum absolute atomic E-state index is 14.6. The van der Waals surface area contributed by atoms with Gasteiger partial charge >= 0.3 is 0 Å². The number of benzene rings is 3. The van der Waals surface area contributed by atoms with E-state index in [1.54, 1.807) is 18.2 Å². The molecule has 1 N–H and O–H groups in total. The first-order chi connectivity index (χ1) is 16.3. The number of hydrogen-bond donors (Lipinski definition) is 1. The van der Waals surface area contributed by atoms with E-state index >= 15 is 0 Å². The molecular formula is C27H22F3N3O. The largest absolute Gasteiger partial charge is 0.375 e. The standard InChI is InChI=1S/C27H22F3N3O/c1-33(2)26-20-9-5-8-18(21-12-16(28)13-22(29)24(21)30)25(20)31-14-23(26)32-27(34)19-11-10-15-6-3-4-7-17(15)19/h3-9,12-14,19H,10-11H2,1-2H3,(H,32,34). The van der Waals surface area contributed by atoms with Crippen LogP contribution in [0.4, 0.5) is 24.5 Å². The maximum Gasteiger partial charge on any atom is 0.232 e. The third kappa shape index (κ3) is 3.67. The van der Waals surface area contributed by atoms with Crippen LogP contribution in [0, 0.1) is 17.5 Å². The van der Waals surface area contributed by atoms with Gasteiger partial charge in [0, 0.05) is 36.7 Å². The number of nitrogens with zero attached hydrogens (tertiary/aromatic N) is 2. The van der Waals surface area contributed by atoms with Crippen molar-refractivity contribution >= 4 is 28.2 Å². The van der Waals surface area contributed by atoms with E-state index in [4.69, 9.17) is 0 Å². The molecule has 7 heteroatoms. The molecule has 0 spiro atoms. The van der Waals surface area contributed by atoms with Crippen LogP contribution in [-0.2, 0) is 11.2 Å². The molecule has 0 bridgehead atoms. The van der Waals surface area contributed by atoms with E-state index in [1.165, 1.54) is 11.8 Å². The average Bonchev–Trinajstić information content (AvgIpc) is 3.25. The van der Waals surface area contributed by atoms with Crippen LogP contribution in [-0.4, -0.2) is 25.0 Å². The van der Waals surface area contributed by atoms with E-state index in [2.05, 4.69) is 10.3 Å². The molecule has 1 atom stereocenters. The predicted molar refractivity (Wildman–Crippen MR) is 128 cm³/mol. The summed E-state index contributed by atoms with van der Waals surface area (Å²) >= 11 is 0. The van der Waals surface area contributed by atoms with E-state index in [0.717, 1.165) is 24.5 Å². The van der Waals surface area contributed by atoms with Gasteiger partial charge in [0.1, 0.15) is 5.82 Å². The first kappa shape index (κ1) is 21.9. The van der Waals surface area contributed by atoms with Crippen LogP contribution in [0.1, 0.15) is 23.5 Å². The summed E-state index contributed by atoms with van der Waals surface area (Å²) in [4.78, 5) is 19.5. The number of halogens is 3. The topological polar surface area (TPSA) is 45.2 Å². The Kier molecular flexibility index (Phi) is 5.48. The SMILES string of the molecule is CN(C)c1c(NC(=O)C2CCc3ccccc32)cnc2c(-c3cc(F)cc(F)c3F)cccc12. The van der Waals surface area contributed by atoms with E-state index in [9.17, 15) is 18.0 Å². The number of aryl methyl sites for hydroxylation is 1. The van der Waals surface area contributed by atoms with Crippen molar-refractivity contribution in [3.63, 3.8) is 0 Å². The smallest absolute Gasteiger partial charge is 0.232 e. The number of para-hydroxylation sites is 1. The Bertz CT molecular complexity index is 1430. The molecule has 3 aromatic carbocycles. The number of fused-ring (bicyclic) bond motifs is 2. The van der Waals surface area contributed by atoms with Gasteiger partial charge in [0.05, 0.1) is 29.0 Å². The average molecular weight is 461 g/mol. The summed E-state index contributed by atoms with van der Waals surface area (Å²) in [7, 11) is 3.65. The number of hydrogen-bond acceptors (Lipinski definition) is 3. The van der Waals surface area contributed by atoms with Gasteiger partial charge in [0.2, 0.25) is 5.91 Å². The molecule has 4 nitrogen and oxygen atoms in total. The maximum atomic E-state index is 14.6. The van der Waals surface area contributed by atoms with Crippen molar-refractivity contribution in [2.45, 2.75) is 18.8 Å². The Morgan fingerprint density at radius 1 is 1.03 bits per heavy atom. The highest BCUT2D eigenvalue weighted by Gasteiger charge is 2.29. The molecule has 0 saturated heterocycles. The highest BCUT2D eigenvalue weighted by molar-refractivity contribution is 6.08. The van der Waals surface area contributed by atoms with Gasteiger partial charge < -0.3 is 10.2 Å². The minimum atomic E-state index is -1.26. The zero-order chi connectivity index (χ0) is 24.0. The lowest BCUT2D eigenvalue weighted by atomic mass is 9.99. The van der Waals surface area contributed by atoms with Crippen LogP contribution in [0.15, 0.2) is 60.8 Å². The van der Waals surface area contributed by atoms with Crippen molar-refractivity contribution in [1.82, 2.24) is 4.98 Å². The lowest BCUT2D eigenvalue weighted by Gasteiger charge is -2.22. The number of carbonyl (C=O) groups is 1. The molecule has 1 unspecified atom stereocenters. The zero-order valence-electron chi connectivity index (χ0n) is 18.7. The van der Waals surface area contributed by atoms with Crippen molar-refractivity contribution in [2.75, 3.05) is 24.3 Å². The molecule has 1 heterocycles. The Morgan fingerprint density at radius 2 is 1.82 bits per heavy atom. The summed E-state index contributed by atoms with van der Waals surface area (Å²) in [6, 6.07) is 14.4. The fourth-order valence-electron chi connectivity index (χ4n) is 4.80. The number of aromatic nitrogens is 1. The van der Waals surface area contributed by atoms with Crippen LogP contribution < -0.4 is 10.2 Å². The number of amides is 1. The summed E-state index contributed by atoms with van der Waals surface area (Å²) in [6.45, 7) is 0. The van der Waals surface area contributed by atoms with Crippen molar-refractivity contribution in [3.05, 3.63) is 89.4 Å². The summed E-state index contributed by atoms with van der Waals surface area (Å²) in [5.41, 5.74) is 3.82. The van der Waals surface area contributed by atoms with Crippen LogP contribution in [0.25, 0.3) is 22.0 Å². The second-order valence-corrected chi connectivity index (χ2v) is 8.65. The molecule has 0 aliphatic heterocycles. The zero-order valence-corrected chi connectivity index (χ0v) is 18.7. The molecule has 1 aliphatic carbocycles. The van der Waals surface area contributed by atoms with Crippen molar-refractivity contribution in [1.29, 1.82) is 0 Å². The van der Waals surface area contributed by atoms with Gasteiger partial charge in [0.15, 0.2) is 11.6 Å². The molecule has 5 rings (SSSR count). The van der Waals surface area contributed by atoms with Gasteiger partial charge in [-0.05, 0) is 30.0 Å². The second kappa shape index (κ2) is 8.48. The van der Waals surface area contributed by atoms with E-state index in [-0.39, 0.29) is 23.0 Å². The molecule has 172 valence electrons. The second-order valence-electron chi connectivity index (χ2n) is 8.65. The van der Waals surface area contributed by atoms with Gasteiger partial charge in [0.25, 0.3) is 0 Å². The Morgan fingerprint density at radius 3 is 2.62 bits per heavy atom. The third-order valence-corrected chi connectivity index (χ3v) is 6.31. The molecular weight excluding hydrogens is 439 g/mol. The highest BCUT2D eigenvalue weighted by atomic mass is 19.2. The number of anilines is 2. The number of pyridine rings is 1. The Labute approximate surface area is 195 Å². The molecule has 0 fully saturated rings. The summed E-state index contributed by atoms with van der Waals surface area (Å²) in [6.07, 6.45) is 3.09. The Hall–Kier alpha value is -3.87. The van der Waals surface area contributed by atoms with Crippen LogP contribution >= 0.6 is 0 Å². The number of rotatable bonds is 4. The van der Waals surface area contributed by atoms with E-state index < -0.39 is 17.5 Å². The summed E-state index contributed by atoms with van der Waals surface area (Å²) in [5.74, 6) is -3.65. The molecule has 4 aromatic rings. The molecule has 34 heavy (non-hydrogen) atoms. The predicted octanol–water partition coefficient (Wildman–Crippen LogP) is 6.05.